The van der Waals surface area contributed by atoms with Crippen LogP contribution >= 0.6 is 11.6 Å². The number of pyridine rings is 2. The fourth-order valence-corrected chi connectivity index (χ4v) is 2.45. The summed E-state index contributed by atoms with van der Waals surface area (Å²) in [7, 11) is 0. The lowest BCUT2D eigenvalue weighted by molar-refractivity contribution is 0.0950. The van der Waals surface area contributed by atoms with Crippen LogP contribution in [0.1, 0.15) is 21.5 Å². The molecule has 0 radical (unpaired) electrons. The van der Waals surface area contributed by atoms with Gasteiger partial charge in [0.25, 0.3) is 5.91 Å². The van der Waals surface area contributed by atoms with Gasteiger partial charge in [0.15, 0.2) is 0 Å². The second-order valence-corrected chi connectivity index (χ2v) is 5.82. The molecule has 0 spiro atoms. The van der Waals surface area contributed by atoms with E-state index in [1.54, 1.807) is 30.7 Å². The lowest BCUT2D eigenvalue weighted by Crippen LogP contribution is -2.22. The Morgan fingerprint density at radius 2 is 1.80 bits per heavy atom. The van der Waals surface area contributed by atoms with Gasteiger partial charge in [-0.15, -0.1) is 0 Å². The summed E-state index contributed by atoms with van der Waals surface area (Å²) in [6.45, 7) is 1.02. The average molecular weight is 353 g/mol. The van der Waals surface area contributed by atoms with E-state index in [0.717, 1.165) is 11.1 Å². The van der Waals surface area contributed by atoms with Crippen LogP contribution in [-0.2, 0) is 13.1 Å². The van der Waals surface area contributed by atoms with Crippen molar-refractivity contribution in [2.45, 2.75) is 13.1 Å². The van der Waals surface area contributed by atoms with Gasteiger partial charge in [0.05, 0.1) is 5.56 Å². The highest BCUT2D eigenvalue weighted by Crippen LogP contribution is 2.16. The number of aromatic nitrogens is 2. The van der Waals surface area contributed by atoms with Gasteiger partial charge < -0.3 is 10.6 Å². The highest BCUT2D eigenvalue weighted by molar-refractivity contribution is 6.31. The van der Waals surface area contributed by atoms with Crippen molar-refractivity contribution in [2.75, 3.05) is 5.32 Å². The Balaban J connectivity index is 1.54. The number of nitrogens with zero attached hydrogens (tertiary/aromatic N) is 2. The largest absolute Gasteiger partial charge is 0.366 e. The fraction of sp³-hybridized carbons (Fsp3) is 0.105. The molecule has 1 amide bonds. The van der Waals surface area contributed by atoms with Crippen molar-refractivity contribution in [3.8, 4) is 0 Å². The molecule has 0 saturated carbocycles. The maximum Gasteiger partial charge on any atom is 0.253 e. The number of carbonyl (C=O) groups excluding carboxylic acids is 1. The molecule has 0 aliphatic rings. The quantitative estimate of drug-likeness (QED) is 0.710. The van der Waals surface area contributed by atoms with Crippen molar-refractivity contribution >= 4 is 23.3 Å². The molecule has 0 atom stereocenters. The van der Waals surface area contributed by atoms with Crippen LogP contribution in [0.5, 0.6) is 0 Å². The summed E-state index contributed by atoms with van der Waals surface area (Å²) in [5.41, 5.74) is 2.50. The zero-order valence-electron chi connectivity index (χ0n) is 13.4. The fourth-order valence-electron chi connectivity index (χ4n) is 2.25. The first-order valence-electron chi connectivity index (χ1n) is 7.83. The number of benzene rings is 1. The molecule has 5 nitrogen and oxygen atoms in total. The maximum absolute atomic E-state index is 12.1. The minimum Gasteiger partial charge on any atom is -0.366 e. The number of hydrogen-bond donors (Lipinski definition) is 2. The molecule has 126 valence electrons. The molecular weight excluding hydrogens is 336 g/mol. The first kappa shape index (κ1) is 16.9. The molecule has 2 aromatic heterocycles. The standard InChI is InChI=1S/C19H17ClN4O/c20-17-4-2-1-3-15(17)12-22-18-6-5-16(13-23-18)19(25)24-11-14-7-9-21-10-8-14/h1-10,13H,11-12H2,(H,22,23)(H,24,25). The summed E-state index contributed by atoms with van der Waals surface area (Å²) in [6.07, 6.45) is 4.95. The second kappa shape index (κ2) is 8.26. The zero-order chi connectivity index (χ0) is 17.5. The average Bonchev–Trinajstić information content (AvgIpc) is 2.67. The Hall–Kier alpha value is -2.92. The van der Waals surface area contributed by atoms with Gasteiger partial charge in [0, 0.05) is 36.7 Å². The van der Waals surface area contributed by atoms with Crippen molar-refractivity contribution in [2.24, 2.45) is 0 Å². The van der Waals surface area contributed by atoms with E-state index in [1.165, 1.54) is 0 Å². The summed E-state index contributed by atoms with van der Waals surface area (Å²) in [6, 6.07) is 14.9. The van der Waals surface area contributed by atoms with Crippen LogP contribution in [0.3, 0.4) is 0 Å². The number of hydrogen-bond acceptors (Lipinski definition) is 4. The number of halogens is 1. The third-order valence-corrected chi connectivity index (χ3v) is 4.01. The van der Waals surface area contributed by atoms with E-state index in [0.29, 0.717) is 29.5 Å². The molecule has 25 heavy (non-hydrogen) atoms. The molecule has 3 rings (SSSR count). The van der Waals surface area contributed by atoms with E-state index in [-0.39, 0.29) is 5.91 Å². The van der Waals surface area contributed by atoms with Crippen LogP contribution in [0, 0.1) is 0 Å². The number of rotatable bonds is 6. The molecule has 2 heterocycles. The van der Waals surface area contributed by atoms with Gasteiger partial charge in [-0.1, -0.05) is 29.8 Å². The molecule has 0 bridgehead atoms. The monoisotopic (exact) mass is 352 g/mol. The van der Waals surface area contributed by atoms with Crippen LogP contribution < -0.4 is 10.6 Å². The highest BCUT2D eigenvalue weighted by Gasteiger charge is 2.06. The Morgan fingerprint density at radius 3 is 2.52 bits per heavy atom. The summed E-state index contributed by atoms with van der Waals surface area (Å²) >= 11 is 6.13. The van der Waals surface area contributed by atoms with Crippen molar-refractivity contribution in [3.63, 3.8) is 0 Å². The molecule has 0 fully saturated rings. The van der Waals surface area contributed by atoms with Gasteiger partial charge in [-0.3, -0.25) is 9.78 Å². The molecular formula is C19H17ClN4O. The first-order valence-corrected chi connectivity index (χ1v) is 8.20. The minimum atomic E-state index is -0.165. The maximum atomic E-state index is 12.1. The van der Waals surface area contributed by atoms with Crippen molar-refractivity contribution in [1.82, 2.24) is 15.3 Å². The van der Waals surface area contributed by atoms with Crippen LogP contribution in [0.4, 0.5) is 5.82 Å². The van der Waals surface area contributed by atoms with Crippen LogP contribution in [0.2, 0.25) is 5.02 Å². The summed E-state index contributed by atoms with van der Waals surface area (Å²) in [4.78, 5) is 20.4. The molecule has 0 aliphatic carbocycles. The third kappa shape index (κ3) is 4.78. The predicted octanol–water partition coefficient (Wildman–Crippen LogP) is 3.67. The molecule has 0 aliphatic heterocycles. The lowest BCUT2D eigenvalue weighted by Gasteiger charge is -2.08. The Morgan fingerprint density at radius 1 is 1.00 bits per heavy atom. The molecule has 3 aromatic rings. The predicted molar refractivity (Wildman–Crippen MR) is 98.4 cm³/mol. The van der Waals surface area contributed by atoms with Crippen molar-refractivity contribution < 1.29 is 4.79 Å². The van der Waals surface area contributed by atoms with Gasteiger partial charge in [-0.05, 0) is 41.5 Å². The van der Waals surface area contributed by atoms with Crippen LogP contribution in [0.15, 0.2) is 67.1 Å². The minimum absolute atomic E-state index is 0.165. The smallest absolute Gasteiger partial charge is 0.253 e. The molecule has 6 heteroatoms. The molecule has 1 aromatic carbocycles. The third-order valence-electron chi connectivity index (χ3n) is 3.65. The SMILES string of the molecule is O=C(NCc1ccncc1)c1ccc(NCc2ccccc2Cl)nc1. The zero-order valence-corrected chi connectivity index (χ0v) is 14.2. The summed E-state index contributed by atoms with van der Waals surface area (Å²) in [5.74, 6) is 0.521. The second-order valence-electron chi connectivity index (χ2n) is 5.42. The Bertz CT molecular complexity index is 838. The van der Waals surface area contributed by atoms with Crippen molar-refractivity contribution in [1.29, 1.82) is 0 Å². The molecule has 0 unspecified atom stereocenters. The van der Waals surface area contributed by atoms with E-state index in [4.69, 9.17) is 11.6 Å². The first-order chi connectivity index (χ1) is 12.2. The van der Waals surface area contributed by atoms with E-state index in [2.05, 4.69) is 20.6 Å². The Kier molecular flexibility index (Phi) is 5.59. The van der Waals surface area contributed by atoms with E-state index in [9.17, 15) is 4.79 Å². The summed E-state index contributed by atoms with van der Waals surface area (Å²) < 4.78 is 0. The van der Waals surface area contributed by atoms with Crippen LogP contribution in [-0.4, -0.2) is 15.9 Å². The molecule has 2 N–H and O–H groups in total. The number of nitrogens with one attached hydrogen (secondary N) is 2. The Labute approximate surface area is 151 Å². The topological polar surface area (TPSA) is 66.9 Å². The van der Waals surface area contributed by atoms with Crippen molar-refractivity contribution in [3.05, 3.63) is 88.8 Å². The van der Waals surface area contributed by atoms with Gasteiger partial charge >= 0.3 is 0 Å². The van der Waals surface area contributed by atoms with Gasteiger partial charge in [0.2, 0.25) is 0 Å². The number of carbonyl (C=O) groups is 1. The van der Waals surface area contributed by atoms with E-state index < -0.39 is 0 Å². The van der Waals surface area contributed by atoms with Crippen LogP contribution in [0.25, 0.3) is 0 Å². The number of amides is 1. The lowest BCUT2D eigenvalue weighted by atomic mass is 10.2. The normalized spacial score (nSPS) is 10.3. The van der Waals surface area contributed by atoms with Gasteiger partial charge in [-0.2, -0.15) is 0 Å². The summed E-state index contributed by atoms with van der Waals surface area (Å²) in [5, 5.41) is 6.76. The van der Waals surface area contributed by atoms with E-state index in [1.807, 2.05) is 36.4 Å². The van der Waals surface area contributed by atoms with Gasteiger partial charge in [-0.25, -0.2) is 4.98 Å². The van der Waals surface area contributed by atoms with Gasteiger partial charge in [0.1, 0.15) is 5.82 Å². The highest BCUT2D eigenvalue weighted by atomic mass is 35.5. The molecule has 0 saturated heterocycles. The number of anilines is 1. The van der Waals surface area contributed by atoms with E-state index >= 15 is 0 Å².